The molecule has 2 aromatic carbocycles. The monoisotopic (exact) mass is 470 g/mol. The second-order valence-corrected chi connectivity index (χ2v) is 9.22. The molecule has 1 aliphatic heterocycles. The van der Waals surface area contributed by atoms with Gasteiger partial charge in [0.2, 0.25) is 0 Å². The third kappa shape index (κ3) is 6.59. The van der Waals surface area contributed by atoms with E-state index < -0.39 is 0 Å². The molecule has 7 heteroatoms. The molecule has 4 rings (SSSR count). The molecular formula is C28H36N7+. The van der Waals surface area contributed by atoms with E-state index in [1.807, 2.05) is 62.4 Å². The summed E-state index contributed by atoms with van der Waals surface area (Å²) in [5.41, 5.74) is 4.43. The molecule has 1 aromatic heterocycles. The lowest BCUT2D eigenvalue weighted by Gasteiger charge is -2.24. The minimum atomic E-state index is 0.887. The van der Waals surface area contributed by atoms with Crippen LogP contribution in [0, 0.1) is 0 Å². The minimum absolute atomic E-state index is 0.887. The van der Waals surface area contributed by atoms with E-state index in [0.717, 1.165) is 30.0 Å². The van der Waals surface area contributed by atoms with E-state index in [-0.39, 0.29) is 0 Å². The van der Waals surface area contributed by atoms with Crippen LogP contribution in [0.1, 0.15) is 36.2 Å². The number of likely N-dealkylation sites (tertiary alicyclic amines) is 1. The smallest absolute Gasteiger partial charge is 0.334 e. The van der Waals surface area contributed by atoms with E-state index in [1.165, 1.54) is 30.6 Å². The average Bonchev–Trinajstić information content (AvgIpc) is 3.27. The summed E-state index contributed by atoms with van der Waals surface area (Å²) < 4.78 is 3.74. The van der Waals surface area contributed by atoms with Gasteiger partial charge in [-0.2, -0.15) is 0 Å². The lowest BCUT2D eigenvalue weighted by Crippen LogP contribution is -2.30. The molecule has 3 aromatic rings. The summed E-state index contributed by atoms with van der Waals surface area (Å²) in [5, 5.41) is 9.46. The molecule has 0 atom stereocenters. The molecule has 1 fully saturated rings. The topological polar surface area (TPSA) is 43.2 Å². The summed E-state index contributed by atoms with van der Waals surface area (Å²) in [6.07, 6.45) is 15.7. The van der Waals surface area contributed by atoms with Gasteiger partial charge in [0.1, 0.15) is 0 Å². The predicted molar refractivity (Wildman–Crippen MR) is 147 cm³/mol. The molecule has 2 heterocycles. The number of hydrogen-bond acceptors (Lipinski definition) is 5. The van der Waals surface area contributed by atoms with E-state index in [1.54, 1.807) is 0 Å². The van der Waals surface area contributed by atoms with Crippen molar-refractivity contribution in [1.29, 1.82) is 0 Å². The van der Waals surface area contributed by atoms with E-state index in [4.69, 9.17) is 10.2 Å². The maximum atomic E-state index is 4.73. The van der Waals surface area contributed by atoms with E-state index >= 15 is 0 Å². The quantitative estimate of drug-likeness (QED) is 0.367. The first-order chi connectivity index (χ1) is 17.0. The number of rotatable bonds is 8. The standard InChI is InChI=1S/C28H36N7/c1-31(2)26-12-8-24(9-13-26)22-29-34-20-21-35(28(34)16-19-33-17-6-5-7-18-33)30-23-25-10-14-27(15-11-25)32(3)4/h8-16,19-23H,5-7,17-18H2,1-4H3/q+1/b29-22+,30-23+. The number of aromatic nitrogens is 2. The van der Waals surface area contributed by atoms with Crippen molar-refractivity contribution in [3.8, 4) is 0 Å². The normalized spacial score (nSPS) is 14.5. The van der Waals surface area contributed by atoms with Crippen LogP contribution in [0.4, 0.5) is 11.4 Å². The Hall–Kier alpha value is -3.87. The second-order valence-electron chi connectivity index (χ2n) is 9.22. The fourth-order valence-electron chi connectivity index (χ4n) is 3.95. The van der Waals surface area contributed by atoms with Gasteiger partial charge in [-0.25, -0.2) is 0 Å². The fourth-order valence-corrected chi connectivity index (χ4v) is 3.95. The molecule has 0 aliphatic carbocycles. The lowest BCUT2D eigenvalue weighted by atomic mass is 10.1. The molecular weight excluding hydrogens is 434 g/mol. The van der Waals surface area contributed by atoms with Gasteiger partial charge in [-0.1, -0.05) is 43.8 Å². The SMILES string of the molecule is CN(C)c1ccc(/C=N/n2cc[n+](/N=C/c3ccc(N(C)C)cc3)c2/C=C/N2CCCCC2)cc1. The Morgan fingerprint density at radius 2 is 1.34 bits per heavy atom. The molecule has 7 nitrogen and oxygen atoms in total. The summed E-state index contributed by atoms with van der Waals surface area (Å²) in [6, 6.07) is 16.7. The highest BCUT2D eigenvalue weighted by atomic mass is 15.5. The van der Waals surface area contributed by atoms with Crippen LogP contribution in [0.25, 0.3) is 6.08 Å². The van der Waals surface area contributed by atoms with Gasteiger partial charge in [0.05, 0.1) is 12.4 Å². The fraction of sp³-hybridized carbons (Fsp3) is 0.321. The average molecular weight is 471 g/mol. The van der Waals surface area contributed by atoms with Gasteiger partial charge in [-0.05, 0) is 54.7 Å². The highest BCUT2D eigenvalue weighted by Crippen LogP contribution is 2.13. The molecule has 0 saturated carbocycles. The third-order valence-electron chi connectivity index (χ3n) is 6.12. The van der Waals surface area contributed by atoms with Crippen molar-refractivity contribution in [2.75, 3.05) is 51.1 Å². The van der Waals surface area contributed by atoms with Crippen LogP contribution in [0.2, 0.25) is 0 Å². The number of hydrogen-bond donors (Lipinski definition) is 0. The second kappa shape index (κ2) is 11.5. The molecule has 0 bridgehead atoms. The van der Waals surface area contributed by atoms with Gasteiger partial charge < -0.3 is 14.7 Å². The Balaban J connectivity index is 1.58. The molecule has 0 amide bonds. The lowest BCUT2D eigenvalue weighted by molar-refractivity contribution is -0.679. The maximum Gasteiger partial charge on any atom is 0.334 e. The summed E-state index contributed by atoms with van der Waals surface area (Å²) in [5.74, 6) is 0.887. The van der Waals surface area contributed by atoms with E-state index in [9.17, 15) is 0 Å². The molecule has 0 spiro atoms. The number of piperidine rings is 1. The summed E-state index contributed by atoms with van der Waals surface area (Å²) in [7, 11) is 8.17. The van der Waals surface area contributed by atoms with E-state index in [0.29, 0.717) is 0 Å². The first-order valence-corrected chi connectivity index (χ1v) is 12.2. The molecule has 0 radical (unpaired) electrons. The van der Waals surface area contributed by atoms with Crippen LogP contribution in [0.15, 0.2) is 77.3 Å². The van der Waals surface area contributed by atoms with Gasteiger partial charge in [-0.3, -0.25) is 0 Å². The van der Waals surface area contributed by atoms with Crippen molar-refractivity contribution in [1.82, 2.24) is 9.58 Å². The summed E-state index contributed by atoms with van der Waals surface area (Å²) in [4.78, 5) is 6.55. The Kier molecular flexibility index (Phi) is 7.98. The van der Waals surface area contributed by atoms with Crippen LogP contribution >= 0.6 is 0 Å². The van der Waals surface area contributed by atoms with Crippen LogP contribution in [0.5, 0.6) is 0 Å². The zero-order valence-corrected chi connectivity index (χ0v) is 21.2. The zero-order chi connectivity index (χ0) is 24.6. The molecule has 1 saturated heterocycles. The van der Waals surface area contributed by atoms with E-state index in [2.05, 4.69) is 75.5 Å². The van der Waals surface area contributed by atoms with Crippen molar-refractivity contribution in [2.45, 2.75) is 19.3 Å². The van der Waals surface area contributed by atoms with Crippen molar-refractivity contribution in [3.05, 3.63) is 84.1 Å². The van der Waals surface area contributed by atoms with Crippen molar-refractivity contribution >= 4 is 29.9 Å². The third-order valence-corrected chi connectivity index (χ3v) is 6.12. The molecule has 0 unspecified atom stereocenters. The number of imidazole rings is 1. The molecule has 0 N–H and O–H groups in total. The minimum Gasteiger partial charge on any atom is -0.378 e. The molecule has 182 valence electrons. The number of benzene rings is 2. The van der Waals surface area contributed by atoms with Crippen molar-refractivity contribution in [2.24, 2.45) is 10.2 Å². The highest BCUT2D eigenvalue weighted by Gasteiger charge is 2.15. The number of nitrogens with zero attached hydrogens (tertiary/aromatic N) is 7. The Labute approximate surface area is 208 Å². The first-order valence-electron chi connectivity index (χ1n) is 12.2. The largest absolute Gasteiger partial charge is 0.378 e. The summed E-state index contributed by atoms with van der Waals surface area (Å²) >= 11 is 0. The zero-order valence-electron chi connectivity index (χ0n) is 21.2. The van der Waals surface area contributed by atoms with Gasteiger partial charge in [0, 0.05) is 64.9 Å². The maximum absolute atomic E-state index is 4.73. The summed E-state index contributed by atoms with van der Waals surface area (Å²) in [6.45, 7) is 2.19. The van der Waals surface area contributed by atoms with Crippen LogP contribution in [-0.4, -0.2) is 63.3 Å². The van der Waals surface area contributed by atoms with Crippen LogP contribution < -0.4 is 14.5 Å². The Morgan fingerprint density at radius 3 is 1.91 bits per heavy atom. The van der Waals surface area contributed by atoms with Gasteiger partial charge >= 0.3 is 5.82 Å². The van der Waals surface area contributed by atoms with Crippen molar-refractivity contribution in [3.63, 3.8) is 0 Å². The van der Waals surface area contributed by atoms with Crippen LogP contribution in [0.3, 0.4) is 0 Å². The first kappa shape index (κ1) is 24.3. The van der Waals surface area contributed by atoms with Crippen molar-refractivity contribution < 1.29 is 4.68 Å². The predicted octanol–water partition coefficient (Wildman–Crippen LogP) is 4.13. The highest BCUT2D eigenvalue weighted by molar-refractivity contribution is 5.80. The van der Waals surface area contributed by atoms with Crippen LogP contribution in [-0.2, 0) is 0 Å². The van der Waals surface area contributed by atoms with Gasteiger partial charge in [0.15, 0.2) is 12.4 Å². The molecule has 35 heavy (non-hydrogen) atoms. The Bertz CT molecular complexity index is 1080. The number of anilines is 2. The van der Waals surface area contributed by atoms with Gasteiger partial charge in [-0.15, -0.1) is 0 Å². The molecule has 1 aliphatic rings. The Morgan fingerprint density at radius 1 is 0.771 bits per heavy atom. The van der Waals surface area contributed by atoms with Gasteiger partial charge in [0.25, 0.3) is 0 Å².